The summed E-state index contributed by atoms with van der Waals surface area (Å²) in [6.45, 7) is -3.16. The topological polar surface area (TPSA) is 69.3 Å². The summed E-state index contributed by atoms with van der Waals surface area (Å²) in [6.07, 6.45) is 3.01. The standard InChI is InChI=1S/C12H9F2N3O3S/c13-12(14)20-10-3-1-2-9(19-7-15)8(10)6-18-11-4-5-17(21)16-11/h1-5,12,21H,6H2. The lowest BCUT2D eigenvalue weighted by molar-refractivity contribution is -0.0509. The van der Waals surface area contributed by atoms with Crippen LogP contribution < -0.4 is 14.2 Å². The predicted octanol–water partition coefficient (Wildman–Crippen LogP) is 2.62. The highest BCUT2D eigenvalue weighted by Gasteiger charge is 2.16. The van der Waals surface area contributed by atoms with Gasteiger partial charge < -0.3 is 14.2 Å². The highest BCUT2D eigenvalue weighted by molar-refractivity contribution is 7.78. The molecule has 110 valence electrons. The first-order chi connectivity index (χ1) is 10.1. The lowest BCUT2D eigenvalue weighted by atomic mass is 10.2. The summed E-state index contributed by atoms with van der Waals surface area (Å²) in [6, 6.07) is 5.73. The molecule has 21 heavy (non-hydrogen) atoms. The predicted molar refractivity (Wildman–Crippen MR) is 70.3 cm³/mol. The molecule has 0 radical (unpaired) electrons. The van der Waals surface area contributed by atoms with Crippen molar-refractivity contribution in [3.05, 3.63) is 36.0 Å². The number of halogens is 2. The second-order valence-electron chi connectivity index (χ2n) is 3.67. The third-order valence-electron chi connectivity index (χ3n) is 2.38. The van der Waals surface area contributed by atoms with Crippen LogP contribution in [0.3, 0.4) is 0 Å². The van der Waals surface area contributed by atoms with Crippen molar-refractivity contribution in [3.8, 4) is 23.6 Å². The van der Waals surface area contributed by atoms with E-state index in [1.165, 1.54) is 40.8 Å². The van der Waals surface area contributed by atoms with Crippen LogP contribution in [0.15, 0.2) is 30.5 Å². The van der Waals surface area contributed by atoms with Crippen molar-refractivity contribution in [3.63, 3.8) is 0 Å². The smallest absolute Gasteiger partial charge is 0.387 e. The lowest BCUT2D eigenvalue weighted by Gasteiger charge is -2.13. The zero-order chi connectivity index (χ0) is 15.2. The maximum absolute atomic E-state index is 12.4. The third kappa shape index (κ3) is 4.00. The number of hydrogen-bond acceptors (Lipinski definition) is 6. The molecule has 0 aliphatic rings. The number of ether oxygens (including phenoxy) is 3. The summed E-state index contributed by atoms with van der Waals surface area (Å²) in [4.78, 5) is 0. The quantitative estimate of drug-likeness (QED) is 0.656. The Bertz CT molecular complexity index is 657. The molecule has 0 spiro atoms. The maximum atomic E-state index is 12.4. The van der Waals surface area contributed by atoms with E-state index in [-0.39, 0.29) is 29.5 Å². The molecule has 9 heteroatoms. The van der Waals surface area contributed by atoms with Crippen molar-refractivity contribution in [2.45, 2.75) is 13.2 Å². The minimum atomic E-state index is -3.00. The van der Waals surface area contributed by atoms with Gasteiger partial charge in [-0.3, -0.25) is 0 Å². The first-order valence-corrected chi connectivity index (χ1v) is 6.00. The van der Waals surface area contributed by atoms with Gasteiger partial charge in [-0.1, -0.05) is 6.07 Å². The fourth-order valence-electron chi connectivity index (χ4n) is 1.56. The number of aromatic nitrogens is 2. The first-order valence-electron chi connectivity index (χ1n) is 5.60. The van der Waals surface area contributed by atoms with Gasteiger partial charge in [0.2, 0.25) is 5.88 Å². The summed E-state index contributed by atoms with van der Waals surface area (Å²) < 4.78 is 40.4. The molecule has 0 saturated carbocycles. The zero-order valence-corrected chi connectivity index (χ0v) is 11.3. The Labute approximate surface area is 124 Å². The highest BCUT2D eigenvalue weighted by atomic mass is 32.1. The Morgan fingerprint density at radius 1 is 1.33 bits per heavy atom. The minimum absolute atomic E-state index is 0.0703. The van der Waals surface area contributed by atoms with Crippen LogP contribution in [0.4, 0.5) is 8.78 Å². The van der Waals surface area contributed by atoms with Gasteiger partial charge in [0.05, 0.1) is 5.56 Å². The Hall–Kier alpha value is -2.47. The molecule has 0 unspecified atom stereocenters. The minimum Gasteiger partial charge on any atom is -0.471 e. The van der Waals surface area contributed by atoms with E-state index in [0.717, 1.165) is 0 Å². The second-order valence-corrected chi connectivity index (χ2v) is 4.08. The molecule has 1 aromatic heterocycles. The van der Waals surface area contributed by atoms with Gasteiger partial charge >= 0.3 is 6.61 Å². The van der Waals surface area contributed by atoms with E-state index in [0.29, 0.717) is 0 Å². The molecular weight excluding hydrogens is 304 g/mol. The molecule has 0 fully saturated rings. The number of benzene rings is 1. The molecule has 0 N–H and O–H groups in total. The lowest BCUT2D eigenvalue weighted by Crippen LogP contribution is -2.07. The highest BCUT2D eigenvalue weighted by Crippen LogP contribution is 2.30. The molecule has 0 amide bonds. The van der Waals surface area contributed by atoms with Crippen molar-refractivity contribution in [2.75, 3.05) is 0 Å². The van der Waals surface area contributed by atoms with Crippen LogP contribution in [0.25, 0.3) is 0 Å². The van der Waals surface area contributed by atoms with Crippen LogP contribution >= 0.6 is 12.8 Å². The maximum Gasteiger partial charge on any atom is 0.387 e. The SMILES string of the molecule is N#COc1cccc(OC(F)F)c1COc1ccn(S)n1. The number of nitrogens with zero attached hydrogens (tertiary/aromatic N) is 3. The van der Waals surface area contributed by atoms with Gasteiger partial charge in [0.25, 0.3) is 6.26 Å². The molecule has 0 saturated heterocycles. The molecule has 6 nitrogen and oxygen atoms in total. The molecule has 2 rings (SSSR count). The van der Waals surface area contributed by atoms with Gasteiger partial charge in [0, 0.05) is 12.3 Å². The van der Waals surface area contributed by atoms with E-state index in [1.807, 2.05) is 0 Å². The van der Waals surface area contributed by atoms with Gasteiger partial charge in [-0.25, -0.2) is 4.09 Å². The monoisotopic (exact) mass is 313 g/mol. The van der Waals surface area contributed by atoms with Gasteiger partial charge in [-0.05, 0) is 24.9 Å². The van der Waals surface area contributed by atoms with E-state index in [1.54, 1.807) is 0 Å². The van der Waals surface area contributed by atoms with Crippen molar-refractivity contribution < 1.29 is 23.0 Å². The van der Waals surface area contributed by atoms with Crippen LogP contribution in [-0.4, -0.2) is 15.8 Å². The molecule has 1 heterocycles. The Morgan fingerprint density at radius 3 is 2.71 bits per heavy atom. The fraction of sp³-hybridized carbons (Fsp3) is 0.167. The summed E-state index contributed by atoms with van der Waals surface area (Å²) in [5.74, 6) is 0.170. The summed E-state index contributed by atoms with van der Waals surface area (Å²) in [5.41, 5.74) is 0.174. The number of hydrogen-bond donors (Lipinski definition) is 1. The van der Waals surface area contributed by atoms with Gasteiger partial charge in [0.15, 0.2) is 5.75 Å². The number of rotatable bonds is 6. The summed E-state index contributed by atoms with van der Waals surface area (Å²) >= 11 is 3.94. The van der Waals surface area contributed by atoms with Gasteiger partial charge in [-0.15, -0.1) is 10.4 Å². The first kappa shape index (κ1) is 14.9. The van der Waals surface area contributed by atoms with E-state index < -0.39 is 6.61 Å². The molecule has 0 atom stereocenters. The number of thiol groups is 1. The summed E-state index contributed by atoms with van der Waals surface area (Å²) in [5, 5.41) is 12.4. The Morgan fingerprint density at radius 2 is 2.10 bits per heavy atom. The van der Waals surface area contributed by atoms with Crippen LogP contribution in [0, 0.1) is 11.5 Å². The normalized spacial score (nSPS) is 10.2. The largest absolute Gasteiger partial charge is 0.471 e. The van der Waals surface area contributed by atoms with Crippen molar-refractivity contribution >= 4 is 12.8 Å². The summed E-state index contributed by atoms with van der Waals surface area (Å²) in [7, 11) is 0. The van der Waals surface area contributed by atoms with Crippen molar-refractivity contribution in [2.24, 2.45) is 0 Å². The molecule has 1 aromatic carbocycles. The van der Waals surface area contributed by atoms with E-state index in [4.69, 9.17) is 14.7 Å². The molecular formula is C12H9F2N3O3S. The third-order valence-corrected chi connectivity index (χ3v) is 2.60. The molecule has 2 aromatic rings. The average Bonchev–Trinajstić information content (AvgIpc) is 2.83. The Kier molecular flexibility index (Phi) is 4.84. The van der Waals surface area contributed by atoms with Gasteiger partial charge in [0.1, 0.15) is 12.4 Å². The van der Waals surface area contributed by atoms with Crippen molar-refractivity contribution in [1.82, 2.24) is 9.19 Å². The molecule has 0 aliphatic carbocycles. The molecule has 0 bridgehead atoms. The fourth-order valence-corrected chi connectivity index (χ4v) is 1.71. The zero-order valence-electron chi connectivity index (χ0n) is 10.4. The van der Waals surface area contributed by atoms with Crippen LogP contribution in [0.1, 0.15) is 5.56 Å². The van der Waals surface area contributed by atoms with Crippen LogP contribution in [-0.2, 0) is 6.61 Å². The van der Waals surface area contributed by atoms with E-state index >= 15 is 0 Å². The Balaban J connectivity index is 2.23. The van der Waals surface area contributed by atoms with E-state index in [9.17, 15) is 8.78 Å². The van der Waals surface area contributed by atoms with Crippen molar-refractivity contribution in [1.29, 1.82) is 5.26 Å². The second kappa shape index (κ2) is 6.81. The van der Waals surface area contributed by atoms with Crippen LogP contribution in [0.5, 0.6) is 17.4 Å². The number of nitriles is 1. The van der Waals surface area contributed by atoms with Gasteiger partial charge in [-0.2, -0.15) is 8.78 Å². The number of alkyl halides is 2. The molecule has 0 aliphatic heterocycles. The van der Waals surface area contributed by atoms with Crippen LogP contribution in [0.2, 0.25) is 0 Å². The average molecular weight is 313 g/mol. The van der Waals surface area contributed by atoms with E-state index in [2.05, 4.69) is 22.7 Å².